The predicted octanol–water partition coefficient (Wildman–Crippen LogP) is 3.17. The van der Waals surface area contributed by atoms with Crippen molar-refractivity contribution in [3.8, 4) is 0 Å². The fourth-order valence-corrected chi connectivity index (χ4v) is 2.90. The molecule has 1 aromatic rings. The van der Waals surface area contributed by atoms with E-state index in [9.17, 15) is 0 Å². The molecule has 0 bridgehead atoms. The smallest absolute Gasteiger partial charge is 0.0593 e. The van der Waals surface area contributed by atoms with Crippen molar-refractivity contribution >= 4 is 15.9 Å². The zero-order valence-corrected chi connectivity index (χ0v) is 14.1. The molecule has 0 aliphatic carbocycles. The van der Waals surface area contributed by atoms with Crippen LogP contribution in [0, 0.1) is 0 Å². The largest absolute Gasteiger partial charge is 0.380 e. The summed E-state index contributed by atoms with van der Waals surface area (Å²) in [7, 11) is 0. The van der Waals surface area contributed by atoms with E-state index in [4.69, 9.17) is 4.74 Å². The minimum atomic E-state index is 0.519. The van der Waals surface area contributed by atoms with E-state index in [1.54, 1.807) is 0 Å². The van der Waals surface area contributed by atoms with Gasteiger partial charge in [-0.25, -0.2) is 0 Å². The summed E-state index contributed by atoms with van der Waals surface area (Å²) in [4.78, 5) is 2.47. The van der Waals surface area contributed by atoms with Gasteiger partial charge in [-0.2, -0.15) is 0 Å². The van der Waals surface area contributed by atoms with Gasteiger partial charge in [0.2, 0.25) is 0 Å². The van der Waals surface area contributed by atoms with Crippen LogP contribution in [-0.2, 0) is 17.8 Å². The summed E-state index contributed by atoms with van der Waals surface area (Å²) >= 11 is 3.71. The van der Waals surface area contributed by atoms with Gasteiger partial charge in [0.05, 0.1) is 6.61 Å². The molecule has 0 atom stereocenters. The van der Waals surface area contributed by atoms with Crippen molar-refractivity contribution in [1.29, 1.82) is 0 Å². The number of halogens is 1. The first-order valence-corrected chi connectivity index (χ1v) is 8.25. The third-order valence-corrected chi connectivity index (χ3v) is 4.28. The van der Waals surface area contributed by atoms with Gasteiger partial charge in [-0.3, -0.25) is 4.90 Å². The number of nitrogens with zero attached hydrogens (tertiary/aromatic N) is 1. The van der Waals surface area contributed by atoms with Crippen LogP contribution in [0.4, 0.5) is 0 Å². The molecule has 0 radical (unpaired) electrons. The van der Waals surface area contributed by atoms with Crippen molar-refractivity contribution in [2.45, 2.75) is 39.4 Å². The van der Waals surface area contributed by atoms with Crippen molar-refractivity contribution in [2.24, 2.45) is 0 Å². The molecule has 1 saturated heterocycles. The average molecular weight is 341 g/mol. The Morgan fingerprint density at radius 1 is 1.30 bits per heavy atom. The lowest BCUT2D eigenvalue weighted by atomic mass is 10.1. The number of ether oxygens (including phenoxy) is 1. The van der Waals surface area contributed by atoms with Gasteiger partial charge in [0.25, 0.3) is 0 Å². The molecule has 1 heterocycles. The van der Waals surface area contributed by atoms with Crippen LogP contribution in [0.3, 0.4) is 0 Å². The molecule has 20 heavy (non-hydrogen) atoms. The van der Waals surface area contributed by atoms with Gasteiger partial charge in [0.15, 0.2) is 0 Å². The molecule has 1 aliphatic rings. The molecule has 1 aliphatic heterocycles. The van der Waals surface area contributed by atoms with E-state index in [1.165, 1.54) is 15.6 Å². The maximum absolute atomic E-state index is 5.50. The summed E-state index contributed by atoms with van der Waals surface area (Å²) in [5, 5.41) is 3.45. The number of nitrogens with one attached hydrogen (secondary N) is 1. The van der Waals surface area contributed by atoms with E-state index in [1.807, 2.05) is 0 Å². The summed E-state index contributed by atoms with van der Waals surface area (Å²) in [6, 6.07) is 7.22. The Labute approximate surface area is 130 Å². The first-order valence-electron chi connectivity index (χ1n) is 7.46. The molecule has 1 fully saturated rings. The highest BCUT2D eigenvalue weighted by atomic mass is 79.9. The van der Waals surface area contributed by atoms with Crippen LogP contribution < -0.4 is 5.32 Å². The molecule has 4 heteroatoms. The van der Waals surface area contributed by atoms with Crippen LogP contribution in [0.15, 0.2) is 22.7 Å². The highest BCUT2D eigenvalue weighted by Gasteiger charge is 2.11. The van der Waals surface area contributed by atoms with Crippen molar-refractivity contribution in [1.82, 2.24) is 10.2 Å². The molecular weight excluding hydrogens is 316 g/mol. The van der Waals surface area contributed by atoms with Gasteiger partial charge in [0, 0.05) is 43.3 Å². The van der Waals surface area contributed by atoms with Gasteiger partial charge >= 0.3 is 0 Å². The van der Waals surface area contributed by atoms with Crippen LogP contribution in [0.2, 0.25) is 0 Å². The number of rotatable bonds is 5. The Bertz CT molecular complexity index is 415. The van der Waals surface area contributed by atoms with E-state index in [-0.39, 0.29) is 0 Å². The molecule has 2 rings (SSSR count). The van der Waals surface area contributed by atoms with E-state index in [0.29, 0.717) is 6.04 Å². The van der Waals surface area contributed by atoms with Gasteiger partial charge in [-0.05, 0) is 23.6 Å². The molecule has 3 nitrogen and oxygen atoms in total. The standard InChI is InChI=1S/C16H25BrN2O/c1-13(2)18-11-14-4-5-15(16(17)10-14)12-19-6-3-8-20-9-7-19/h4-5,10,13,18H,3,6-9,11-12H2,1-2H3. The Balaban J connectivity index is 1.94. The highest BCUT2D eigenvalue weighted by molar-refractivity contribution is 9.10. The molecule has 112 valence electrons. The summed E-state index contributed by atoms with van der Waals surface area (Å²) in [6.07, 6.45) is 1.13. The van der Waals surface area contributed by atoms with Crippen molar-refractivity contribution in [3.63, 3.8) is 0 Å². The molecule has 0 aromatic heterocycles. The predicted molar refractivity (Wildman–Crippen MR) is 86.8 cm³/mol. The SMILES string of the molecule is CC(C)NCc1ccc(CN2CCCOCC2)c(Br)c1. The second-order valence-electron chi connectivity index (χ2n) is 5.70. The van der Waals surface area contributed by atoms with Crippen LogP contribution in [0.25, 0.3) is 0 Å². The van der Waals surface area contributed by atoms with Gasteiger partial charge in [0.1, 0.15) is 0 Å². The quantitative estimate of drug-likeness (QED) is 0.890. The zero-order chi connectivity index (χ0) is 14.4. The van der Waals surface area contributed by atoms with Crippen LogP contribution >= 0.6 is 15.9 Å². The minimum absolute atomic E-state index is 0.519. The van der Waals surface area contributed by atoms with Crippen molar-refractivity contribution in [3.05, 3.63) is 33.8 Å². The Morgan fingerprint density at radius 2 is 2.15 bits per heavy atom. The number of benzene rings is 1. The Hall–Kier alpha value is -0.420. The second-order valence-corrected chi connectivity index (χ2v) is 6.56. The van der Waals surface area contributed by atoms with Crippen LogP contribution in [0.5, 0.6) is 0 Å². The first-order chi connectivity index (χ1) is 9.65. The Morgan fingerprint density at radius 3 is 2.90 bits per heavy atom. The maximum Gasteiger partial charge on any atom is 0.0593 e. The lowest BCUT2D eigenvalue weighted by Crippen LogP contribution is -2.26. The van der Waals surface area contributed by atoms with Gasteiger partial charge in [-0.15, -0.1) is 0 Å². The number of hydrogen-bond donors (Lipinski definition) is 1. The fraction of sp³-hybridized carbons (Fsp3) is 0.625. The molecule has 1 aromatic carbocycles. The summed E-state index contributed by atoms with van der Waals surface area (Å²) in [6.45, 7) is 10.2. The van der Waals surface area contributed by atoms with Crippen molar-refractivity contribution < 1.29 is 4.74 Å². The minimum Gasteiger partial charge on any atom is -0.380 e. The number of hydrogen-bond acceptors (Lipinski definition) is 3. The monoisotopic (exact) mass is 340 g/mol. The lowest BCUT2D eigenvalue weighted by Gasteiger charge is -2.20. The third kappa shape index (κ3) is 5.17. The highest BCUT2D eigenvalue weighted by Crippen LogP contribution is 2.21. The van der Waals surface area contributed by atoms with E-state index in [2.05, 4.69) is 58.2 Å². The summed E-state index contributed by atoms with van der Waals surface area (Å²) in [5.41, 5.74) is 2.69. The fourth-order valence-electron chi connectivity index (χ4n) is 2.35. The molecule has 0 amide bonds. The normalized spacial score (nSPS) is 17.4. The van der Waals surface area contributed by atoms with Crippen molar-refractivity contribution in [2.75, 3.05) is 26.3 Å². The molecule has 1 N–H and O–H groups in total. The lowest BCUT2D eigenvalue weighted by molar-refractivity contribution is 0.140. The topological polar surface area (TPSA) is 24.5 Å². The summed E-state index contributed by atoms with van der Waals surface area (Å²) in [5.74, 6) is 0. The molecule has 0 unspecified atom stereocenters. The van der Waals surface area contributed by atoms with Crippen LogP contribution in [0.1, 0.15) is 31.4 Å². The van der Waals surface area contributed by atoms with Gasteiger partial charge in [-0.1, -0.05) is 41.9 Å². The van der Waals surface area contributed by atoms with Crippen LogP contribution in [-0.4, -0.2) is 37.2 Å². The molecule has 0 saturated carbocycles. The average Bonchev–Trinajstić information content (AvgIpc) is 2.68. The van der Waals surface area contributed by atoms with E-state index >= 15 is 0 Å². The second kappa shape index (κ2) is 8.13. The summed E-state index contributed by atoms with van der Waals surface area (Å²) < 4.78 is 6.72. The molecule has 0 spiro atoms. The zero-order valence-electron chi connectivity index (χ0n) is 12.5. The van der Waals surface area contributed by atoms with E-state index in [0.717, 1.165) is 45.8 Å². The first kappa shape index (κ1) is 16.0. The third-order valence-electron chi connectivity index (χ3n) is 3.54. The van der Waals surface area contributed by atoms with E-state index < -0.39 is 0 Å². The maximum atomic E-state index is 5.50. The Kier molecular flexibility index (Phi) is 6.49. The molecular formula is C16H25BrN2O. The van der Waals surface area contributed by atoms with Gasteiger partial charge < -0.3 is 10.1 Å².